The van der Waals surface area contributed by atoms with Crippen molar-refractivity contribution in [1.82, 2.24) is 0 Å². The van der Waals surface area contributed by atoms with Crippen molar-refractivity contribution in [2.45, 2.75) is 0 Å². The minimum atomic E-state index is -0.556. The molecule has 0 spiro atoms. The van der Waals surface area contributed by atoms with Gasteiger partial charge in [0.1, 0.15) is 0 Å². The van der Waals surface area contributed by atoms with Crippen LogP contribution in [0.3, 0.4) is 0 Å². The second-order valence-electron chi connectivity index (χ2n) is 3.81. The van der Waals surface area contributed by atoms with Gasteiger partial charge in [-0.2, -0.15) is 0 Å². The zero-order valence-corrected chi connectivity index (χ0v) is 12.7. The third-order valence-corrected chi connectivity index (χ3v) is 2.73. The monoisotopic (exact) mass is 309 g/mol. The fourth-order valence-electron chi connectivity index (χ4n) is 1.95. The normalized spacial score (nSPS) is 9.67. The molecule has 0 atom stereocenters. The minimum Gasteiger partial charge on any atom is -0.145 e. The van der Waals surface area contributed by atoms with Gasteiger partial charge in [-0.05, 0) is 0 Å². The molecule has 18 heavy (non-hydrogen) atoms. The minimum absolute atomic E-state index is 0.556. The average Bonchev–Trinajstić information content (AvgIpc) is 2.84. The maximum absolute atomic E-state index is 4.89. The van der Waals surface area contributed by atoms with Gasteiger partial charge in [-0.3, -0.25) is 0 Å². The smallest absolute Gasteiger partial charge is 0.0635 e. The van der Waals surface area contributed by atoms with Crippen molar-refractivity contribution in [3.8, 4) is 11.1 Å². The van der Waals surface area contributed by atoms with Crippen LogP contribution in [0.25, 0.3) is 21.9 Å². The van der Waals surface area contributed by atoms with Gasteiger partial charge in [0.05, 0.1) is 0 Å². The summed E-state index contributed by atoms with van der Waals surface area (Å²) in [6.45, 7) is 0. The molecule has 0 fully saturated rings. The van der Waals surface area contributed by atoms with Crippen LogP contribution in [0.5, 0.6) is 0 Å². The van der Waals surface area contributed by atoms with E-state index in [1.807, 2.05) is 6.07 Å². The van der Waals surface area contributed by atoms with Gasteiger partial charge in [-0.15, -0.1) is 34.5 Å². The number of hydrogen-bond acceptors (Lipinski definition) is 0. The first kappa shape index (κ1) is 13.8. The molecule has 3 rings (SSSR count). The van der Waals surface area contributed by atoms with Crippen LogP contribution in [0.1, 0.15) is 0 Å². The molecule has 0 unspecified atom stereocenters. The predicted molar refractivity (Wildman–Crippen MR) is 76.7 cm³/mol. The van der Waals surface area contributed by atoms with Gasteiger partial charge in [0.25, 0.3) is 0 Å². The van der Waals surface area contributed by atoms with Gasteiger partial charge in [-0.25, -0.2) is 0 Å². The van der Waals surface area contributed by atoms with E-state index in [0.29, 0.717) is 0 Å². The van der Waals surface area contributed by atoms with Crippen molar-refractivity contribution in [3.05, 3.63) is 66.7 Å². The van der Waals surface area contributed by atoms with Gasteiger partial charge in [-0.1, -0.05) is 54.1 Å². The van der Waals surface area contributed by atoms with Crippen molar-refractivity contribution in [1.29, 1.82) is 0 Å². The Hall–Kier alpha value is -0.656. The van der Waals surface area contributed by atoms with Gasteiger partial charge in [0.2, 0.25) is 0 Å². The van der Waals surface area contributed by atoms with E-state index in [2.05, 4.69) is 60.7 Å². The van der Waals surface area contributed by atoms with Crippen LogP contribution < -0.4 is 0 Å². The summed E-state index contributed by atoms with van der Waals surface area (Å²) >= 11 is -0.556. The molecule has 0 aliphatic heterocycles. The predicted octanol–water partition coefficient (Wildman–Crippen LogP) is 5.60. The van der Waals surface area contributed by atoms with E-state index in [1.165, 1.54) is 21.9 Å². The van der Waals surface area contributed by atoms with Gasteiger partial charge < -0.3 is 0 Å². The Balaban J connectivity index is 0.000000367. The number of benzene rings is 2. The standard InChI is InChI=1S/C15H11.2ClH.Ti/c1-2-6-12(7-3-1)15-10-13-8-4-5-9-14(13)11-15;;;/h1-11H;2*1H;/q-1;;;+2/p-2. The zero-order chi connectivity index (χ0) is 12.8. The molecule has 0 aromatic heterocycles. The molecule has 0 saturated heterocycles. The van der Waals surface area contributed by atoms with Gasteiger partial charge in [0, 0.05) is 0 Å². The zero-order valence-electron chi connectivity index (χ0n) is 9.61. The number of hydrogen-bond donors (Lipinski definition) is 0. The maximum atomic E-state index is 4.89. The maximum Gasteiger partial charge on any atom is -0.0635 e. The van der Waals surface area contributed by atoms with E-state index >= 15 is 0 Å². The van der Waals surface area contributed by atoms with E-state index in [4.69, 9.17) is 18.6 Å². The molecule has 0 heterocycles. The van der Waals surface area contributed by atoms with Crippen LogP contribution in [0.2, 0.25) is 0 Å². The van der Waals surface area contributed by atoms with Gasteiger partial charge in [0.15, 0.2) is 0 Å². The topological polar surface area (TPSA) is 0 Å². The summed E-state index contributed by atoms with van der Waals surface area (Å²) in [6.07, 6.45) is 0. The summed E-state index contributed by atoms with van der Waals surface area (Å²) in [7, 11) is 9.78. The molecule has 0 radical (unpaired) electrons. The molecule has 3 aromatic carbocycles. The summed E-state index contributed by atoms with van der Waals surface area (Å²) in [5, 5.41) is 2.63. The Kier molecular flexibility index (Phi) is 5.40. The van der Waals surface area contributed by atoms with E-state index in [1.54, 1.807) is 0 Å². The Bertz CT molecular complexity index is 569. The second-order valence-corrected chi connectivity index (χ2v) is 6.39. The van der Waals surface area contributed by atoms with Crippen molar-refractivity contribution < 1.29 is 17.0 Å². The molecule has 0 aliphatic rings. The Morgan fingerprint density at radius 3 is 2.11 bits per heavy atom. The first-order chi connectivity index (χ1) is 8.85. The number of halogens is 2. The van der Waals surface area contributed by atoms with Crippen LogP contribution in [0.15, 0.2) is 66.7 Å². The second kappa shape index (κ2) is 7.06. The Morgan fingerprint density at radius 1 is 0.833 bits per heavy atom. The van der Waals surface area contributed by atoms with Crippen LogP contribution >= 0.6 is 18.6 Å². The van der Waals surface area contributed by atoms with E-state index in [-0.39, 0.29) is 0 Å². The third-order valence-electron chi connectivity index (χ3n) is 2.73. The third kappa shape index (κ3) is 3.43. The quantitative estimate of drug-likeness (QED) is 0.405. The summed E-state index contributed by atoms with van der Waals surface area (Å²) in [5.41, 5.74) is 2.59. The molecule has 0 amide bonds. The summed E-state index contributed by atoms with van der Waals surface area (Å²) in [6, 6.07) is 23.4. The van der Waals surface area contributed by atoms with Crippen molar-refractivity contribution in [2.75, 3.05) is 0 Å². The van der Waals surface area contributed by atoms with E-state index < -0.39 is 17.0 Å². The van der Waals surface area contributed by atoms with Crippen LogP contribution in [0.4, 0.5) is 0 Å². The van der Waals surface area contributed by atoms with Crippen LogP contribution in [-0.4, -0.2) is 0 Å². The first-order valence-electron chi connectivity index (χ1n) is 5.52. The van der Waals surface area contributed by atoms with Crippen molar-refractivity contribution in [3.63, 3.8) is 0 Å². The largest absolute Gasteiger partial charge is 0.145 e. The molecule has 0 N–H and O–H groups in total. The molecular formula is C15H11Cl2Ti-. The molecule has 0 nitrogen and oxygen atoms in total. The van der Waals surface area contributed by atoms with Crippen LogP contribution in [-0.2, 0) is 17.0 Å². The molecule has 90 valence electrons. The van der Waals surface area contributed by atoms with Crippen molar-refractivity contribution in [2.24, 2.45) is 0 Å². The molecule has 0 saturated carbocycles. The molecular weight excluding hydrogens is 299 g/mol. The average molecular weight is 310 g/mol. The van der Waals surface area contributed by atoms with Crippen LogP contribution in [0, 0.1) is 0 Å². The molecule has 0 bridgehead atoms. The fraction of sp³-hybridized carbons (Fsp3) is 0. The number of rotatable bonds is 1. The molecule has 3 aromatic rings. The van der Waals surface area contributed by atoms with Crippen molar-refractivity contribution >= 4 is 29.4 Å². The number of fused-ring (bicyclic) bond motifs is 1. The Labute approximate surface area is 124 Å². The van der Waals surface area contributed by atoms with E-state index in [0.717, 1.165) is 0 Å². The molecule has 3 heteroatoms. The summed E-state index contributed by atoms with van der Waals surface area (Å²) in [4.78, 5) is 0. The first-order valence-corrected chi connectivity index (χ1v) is 9.82. The summed E-state index contributed by atoms with van der Waals surface area (Å²) in [5.74, 6) is 0. The summed E-state index contributed by atoms with van der Waals surface area (Å²) < 4.78 is 0. The van der Waals surface area contributed by atoms with E-state index in [9.17, 15) is 0 Å². The SMILES string of the molecule is [Cl][Ti][Cl].c1ccc(-c2cc3ccccc3[cH-]2)cc1. The Morgan fingerprint density at radius 2 is 1.44 bits per heavy atom. The molecule has 0 aliphatic carbocycles. The fourth-order valence-corrected chi connectivity index (χ4v) is 1.95. The van der Waals surface area contributed by atoms with Gasteiger partial charge >= 0.3 is 35.6 Å².